The quantitative estimate of drug-likeness (QED) is 0.189. The number of quaternary nitrogens is 1. The molecule has 1 amide bonds. The number of carbonyl (C=O) groups is 1. The van der Waals surface area contributed by atoms with Gasteiger partial charge in [0.05, 0.1) is 0 Å². The van der Waals surface area contributed by atoms with Crippen molar-refractivity contribution in [1.82, 2.24) is 0 Å². The monoisotopic (exact) mass is 94.0 g/mol. The number of primary amides is 1. The van der Waals surface area contributed by atoms with E-state index in [-0.39, 0.29) is 0 Å². The lowest BCUT2D eigenvalue weighted by Gasteiger charge is -1.71. The van der Waals surface area contributed by atoms with Crippen LogP contribution in [0.1, 0.15) is 0 Å². The van der Waals surface area contributed by atoms with Gasteiger partial charge in [0.25, 0.3) is 0 Å². The summed E-state index contributed by atoms with van der Waals surface area (Å²) in [5, 5.41) is 0. The zero-order chi connectivity index (χ0) is 4.12. The summed E-state index contributed by atoms with van der Waals surface area (Å²) < 4.78 is 3.89. The Morgan fingerprint density at radius 2 is 2.60 bits per heavy atom. The fourth-order valence-corrected chi connectivity index (χ4v) is 0.0745. The van der Waals surface area contributed by atoms with Crippen molar-refractivity contribution in [1.29, 1.82) is 0 Å². The minimum atomic E-state index is 0.507. The molecule has 0 aromatic heterocycles. The molecule has 0 spiro atoms. The zero-order valence-electron chi connectivity index (χ0n) is 2.42. The number of nitrogens with two attached hydrogens (primary N) is 1. The summed E-state index contributed by atoms with van der Waals surface area (Å²) in [4.78, 5) is 9.18. The van der Waals surface area contributed by atoms with Crippen molar-refractivity contribution in [2.75, 3.05) is 0 Å². The minimum absolute atomic E-state index is 0.507. The molecule has 0 unspecified atom stereocenters. The molecule has 0 bridgehead atoms. The Labute approximate surface area is 34.9 Å². The van der Waals surface area contributed by atoms with Crippen LogP contribution in [-0.2, 0) is 9.08 Å². The molecule has 0 aromatic carbocycles. The average molecular weight is 94.1 g/mol. The largest absolute Gasteiger partial charge is 0.331 e. The van der Waals surface area contributed by atoms with Gasteiger partial charge in [0.1, 0.15) is 0 Å². The molecule has 30 valence electrons. The second kappa shape index (κ2) is 3.94. The highest BCUT2D eigenvalue weighted by Crippen LogP contribution is 1.49. The van der Waals surface area contributed by atoms with Gasteiger partial charge in [-0.3, -0.25) is 0 Å². The maximum atomic E-state index is 9.18. The van der Waals surface area contributed by atoms with E-state index >= 15 is 0 Å². The number of hydrogen-bond donors (Lipinski definition) is 2. The molecule has 0 saturated carbocycles. The maximum absolute atomic E-state index is 9.18. The predicted molar refractivity (Wildman–Crippen MR) is 18.1 cm³/mol. The van der Waals surface area contributed by atoms with Crippen LogP contribution in [0.3, 0.4) is 0 Å². The standard InChI is InChI=1S/CH3NO2S/c3-1-2-4-5/h1,5H,(H,2,3)/p+1. The molecule has 5 heavy (non-hydrogen) atoms. The second-order valence-electron chi connectivity index (χ2n) is 0.378. The van der Waals surface area contributed by atoms with Gasteiger partial charge in [0.2, 0.25) is 0 Å². The molecular formula is CH4NO2S+. The maximum Gasteiger partial charge on any atom is 0.331 e. The fourth-order valence-electron chi connectivity index (χ4n) is 0.0248. The number of amides is 1. The van der Waals surface area contributed by atoms with Gasteiger partial charge in [-0.25, -0.2) is 4.79 Å². The van der Waals surface area contributed by atoms with Gasteiger partial charge in [-0.1, -0.05) is 0 Å². The highest BCUT2D eigenvalue weighted by atomic mass is 32.1. The molecule has 0 atom stereocenters. The lowest BCUT2D eigenvalue weighted by atomic mass is 11.5. The van der Waals surface area contributed by atoms with Crippen molar-refractivity contribution >= 4 is 19.3 Å². The van der Waals surface area contributed by atoms with E-state index in [9.17, 15) is 4.79 Å². The number of thiol groups is 1. The summed E-state index contributed by atoms with van der Waals surface area (Å²) in [5.41, 5.74) is 0.934. The van der Waals surface area contributed by atoms with Crippen molar-refractivity contribution in [2.45, 2.75) is 0 Å². The van der Waals surface area contributed by atoms with Crippen LogP contribution >= 0.6 is 12.9 Å². The van der Waals surface area contributed by atoms with Crippen molar-refractivity contribution in [2.24, 2.45) is 0 Å². The van der Waals surface area contributed by atoms with Crippen molar-refractivity contribution in [3.63, 3.8) is 0 Å². The molecule has 0 fully saturated rings. The first-order valence-corrected chi connectivity index (χ1v) is 1.35. The lowest BCUT2D eigenvalue weighted by Crippen LogP contribution is -2.79. The lowest BCUT2D eigenvalue weighted by molar-refractivity contribution is -0.771. The average Bonchev–Trinajstić information content (AvgIpc) is 1.41. The first-order chi connectivity index (χ1) is 2.41. The minimum Gasteiger partial charge on any atom is -0.231 e. The molecule has 3 nitrogen and oxygen atoms in total. The van der Waals surface area contributed by atoms with Crippen molar-refractivity contribution in [3.05, 3.63) is 0 Å². The summed E-state index contributed by atoms with van der Waals surface area (Å²) in [5.74, 6) is 0. The Morgan fingerprint density at radius 1 is 2.00 bits per heavy atom. The normalized spacial score (nSPS) is 7.40. The van der Waals surface area contributed by atoms with E-state index in [1.807, 2.05) is 0 Å². The van der Waals surface area contributed by atoms with Crippen LogP contribution in [0, 0.1) is 0 Å². The molecule has 0 aromatic rings. The molecule has 0 heterocycles. The van der Waals surface area contributed by atoms with Gasteiger partial charge in [0, 0.05) is 12.9 Å². The molecule has 0 aliphatic heterocycles. The Kier molecular flexibility index (Phi) is 3.89. The Bertz CT molecular complexity index is 30.8. The van der Waals surface area contributed by atoms with E-state index in [1.54, 1.807) is 0 Å². The third kappa shape index (κ3) is 3.94. The number of carbonyl (C=O) groups excluding carboxylic acids is 1. The number of rotatable bonds is 2. The van der Waals surface area contributed by atoms with Gasteiger partial charge in [-0.2, -0.15) is 0 Å². The third-order valence-corrected chi connectivity index (χ3v) is 0.238. The molecule has 0 saturated heterocycles. The van der Waals surface area contributed by atoms with E-state index in [4.69, 9.17) is 0 Å². The molecule has 2 N–H and O–H groups in total. The Hall–Kier alpha value is -0.0600. The highest BCUT2D eigenvalue weighted by Gasteiger charge is 1.66. The third-order valence-electron chi connectivity index (χ3n) is 0.116. The van der Waals surface area contributed by atoms with Crippen LogP contribution in [0.5, 0.6) is 0 Å². The highest BCUT2D eigenvalue weighted by molar-refractivity contribution is 7.74. The summed E-state index contributed by atoms with van der Waals surface area (Å²) in [6.07, 6.45) is 0.507. The zero-order valence-corrected chi connectivity index (χ0v) is 3.31. The first kappa shape index (κ1) is 4.94. The predicted octanol–water partition coefficient (Wildman–Crippen LogP) is -1.52. The van der Waals surface area contributed by atoms with E-state index in [2.05, 4.69) is 17.2 Å². The summed E-state index contributed by atoms with van der Waals surface area (Å²) in [7, 11) is 0. The number of hydrogen-bond acceptors (Lipinski definition) is 3. The number of hydroxylamine groups is 1. The molecule has 0 rings (SSSR count). The van der Waals surface area contributed by atoms with Gasteiger partial charge < -0.3 is 0 Å². The van der Waals surface area contributed by atoms with Gasteiger partial charge in [-0.05, 0) is 0 Å². The molecule has 0 radical (unpaired) electrons. The topological polar surface area (TPSA) is 42.9 Å². The molecule has 0 aliphatic rings. The van der Waals surface area contributed by atoms with Crippen LogP contribution in [0.2, 0.25) is 0 Å². The second-order valence-corrected chi connectivity index (χ2v) is 0.588. The Balaban J connectivity index is 2.40. The molecule has 4 heteroatoms. The van der Waals surface area contributed by atoms with Crippen LogP contribution in [0.15, 0.2) is 0 Å². The SMILES string of the molecule is O=C[NH2+]OS. The van der Waals surface area contributed by atoms with E-state index in [1.165, 1.54) is 0 Å². The van der Waals surface area contributed by atoms with E-state index < -0.39 is 0 Å². The van der Waals surface area contributed by atoms with Gasteiger partial charge in [-0.15, -0.1) is 9.76 Å². The van der Waals surface area contributed by atoms with E-state index in [0.29, 0.717) is 6.41 Å². The molecule has 0 aliphatic carbocycles. The molecular weight excluding hydrogens is 90.1 g/mol. The summed E-state index contributed by atoms with van der Waals surface area (Å²) in [6.45, 7) is 0. The Morgan fingerprint density at radius 3 is 2.60 bits per heavy atom. The smallest absolute Gasteiger partial charge is 0.231 e. The van der Waals surface area contributed by atoms with Crippen LogP contribution < -0.4 is 5.48 Å². The van der Waals surface area contributed by atoms with Gasteiger partial charge in [0.15, 0.2) is 0 Å². The summed E-state index contributed by atoms with van der Waals surface area (Å²) in [6, 6.07) is 0. The van der Waals surface area contributed by atoms with Crippen molar-refractivity contribution in [3.8, 4) is 0 Å². The van der Waals surface area contributed by atoms with Crippen molar-refractivity contribution < 1.29 is 14.6 Å². The fraction of sp³-hybridized carbons (Fsp3) is 0. The first-order valence-electron chi connectivity index (χ1n) is 0.987. The van der Waals surface area contributed by atoms with Crippen LogP contribution in [0.25, 0.3) is 0 Å². The van der Waals surface area contributed by atoms with Crippen LogP contribution in [-0.4, -0.2) is 6.41 Å². The van der Waals surface area contributed by atoms with Crippen LogP contribution in [0.4, 0.5) is 0 Å². The summed E-state index contributed by atoms with van der Waals surface area (Å²) >= 11 is 3.21. The van der Waals surface area contributed by atoms with E-state index in [0.717, 1.165) is 5.48 Å². The van der Waals surface area contributed by atoms with Gasteiger partial charge >= 0.3 is 6.41 Å².